The Morgan fingerprint density at radius 3 is 1.21 bits per heavy atom. The number of hydrogen-bond donors (Lipinski definition) is 4. The first-order valence-corrected chi connectivity index (χ1v) is 9.42. The molecule has 0 fully saturated rings. The van der Waals surface area contributed by atoms with Crippen molar-refractivity contribution in [3.63, 3.8) is 0 Å². The van der Waals surface area contributed by atoms with E-state index >= 15 is 0 Å². The van der Waals surface area contributed by atoms with Gasteiger partial charge in [-0.25, -0.2) is 0 Å². The molecule has 0 heterocycles. The summed E-state index contributed by atoms with van der Waals surface area (Å²) < 4.78 is 0. The van der Waals surface area contributed by atoms with Gasteiger partial charge in [-0.05, 0) is 49.7 Å². The van der Waals surface area contributed by atoms with E-state index in [1.54, 1.807) is 0 Å². The fourth-order valence-corrected chi connectivity index (χ4v) is 3.12. The molecule has 0 bridgehead atoms. The molecule has 0 saturated heterocycles. The van der Waals surface area contributed by atoms with Gasteiger partial charge in [-0.2, -0.15) is 0 Å². The molecular formula is C20H30N4O4. The van der Waals surface area contributed by atoms with Crippen molar-refractivity contribution < 1.29 is 19.2 Å². The van der Waals surface area contributed by atoms with Crippen LogP contribution in [0.2, 0.25) is 0 Å². The van der Waals surface area contributed by atoms with Gasteiger partial charge < -0.3 is 22.9 Å². The molecular weight excluding hydrogens is 360 g/mol. The van der Waals surface area contributed by atoms with E-state index < -0.39 is 23.6 Å². The van der Waals surface area contributed by atoms with Gasteiger partial charge in [0.05, 0.1) is 0 Å². The standard InChI is InChI=1S/C20H30N4O4/c21-17(25)5-1-3-15(19(23)27)11-13-7-9-14(10-8-13)12-16(20(24)28)4-2-6-18(22)26/h7-10,15-16H,1-6,11-12H2,(H2,21,25)(H2,22,26)(H2,23,27)(H2,24,28). The van der Waals surface area contributed by atoms with Crippen molar-refractivity contribution in [3.05, 3.63) is 35.4 Å². The lowest BCUT2D eigenvalue weighted by atomic mass is 9.90. The minimum atomic E-state index is -0.406. The number of rotatable bonds is 14. The summed E-state index contributed by atoms with van der Waals surface area (Å²) >= 11 is 0. The van der Waals surface area contributed by atoms with Crippen molar-refractivity contribution in [2.24, 2.45) is 34.8 Å². The SMILES string of the molecule is NC(=O)CCCC(Cc1ccc(CC(CCCC(N)=O)C(N)=O)cc1)C(N)=O. The smallest absolute Gasteiger partial charge is 0.220 e. The lowest BCUT2D eigenvalue weighted by Gasteiger charge is -2.15. The molecule has 1 rings (SSSR count). The van der Waals surface area contributed by atoms with Crippen molar-refractivity contribution in [3.8, 4) is 0 Å². The molecule has 8 nitrogen and oxygen atoms in total. The fourth-order valence-electron chi connectivity index (χ4n) is 3.12. The first-order valence-electron chi connectivity index (χ1n) is 9.42. The Kier molecular flexibility index (Phi) is 9.70. The lowest BCUT2D eigenvalue weighted by Crippen LogP contribution is -2.26. The van der Waals surface area contributed by atoms with Crippen LogP contribution in [0.15, 0.2) is 24.3 Å². The van der Waals surface area contributed by atoms with Crippen LogP contribution >= 0.6 is 0 Å². The molecule has 8 heteroatoms. The Hall–Kier alpha value is -2.90. The molecule has 4 amide bonds. The van der Waals surface area contributed by atoms with E-state index in [2.05, 4.69) is 0 Å². The molecule has 0 radical (unpaired) electrons. The number of benzene rings is 1. The minimum Gasteiger partial charge on any atom is -0.370 e. The van der Waals surface area contributed by atoms with Gasteiger partial charge in [0.15, 0.2) is 0 Å². The quantitative estimate of drug-likeness (QED) is 0.357. The first-order chi connectivity index (χ1) is 13.2. The fraction of sp³-hybridized carbons (Fsp3) is 0.500. The van der Waals surface area contributed by atoms with Gasteiger partial charge in [-0.1, -0.05) is 24.3 Å². The maximum atomic E-state index is 11.6. The highest BCUT2D eigenvalue weighted by Crippen LogP contribution is 2.19. The zero-order valence-corrected chi connectivity index (χ0v) is 16.1. The van der Waals surface area contributed by atoms with E-state index in [-0.39, 0.29) is 24.7 Å². The first kappa shape index (κ1) is 23.1. The number of amides is 4. The second-order valence-electron chi connectivity index (χ2n) is 7.14. The summed E-state index contributed by atoms with van der Waals surface area (Å²) in [5, 5.41) is 0. The number of carbonyl (C=O) groups excluding carboxylic acids is 4. The van der Waals surface area contributed by atoms with E-state index in [4.69, 9.17) is 22.9 Å². The van der Waals surface area contributed by atoms with Crippen LogP contribution in [0, 0.1) is 11.8 Å². The van der Waals surface area contributed by atoms with Gasteiger partial charge in [0.2, 0.25) is 23.6 Å². The Balaban J connectivity index is 2.64. The maximum Gasteiger partial charge on any atom is 0.220 e. The highest BCUT2D eigenvalue weighted by molar-refractivity contribution is 5.78. The van der Waals surface area contributed by atoms with Crippen molar-refractivity contribution in [1.29, 1.82) is 0 Å². The van der Waals surface area contributed by atoms with Crippen molar-refractivity contribution in [1.82, 2.24) is 0 Å². The summed E-state index contributed by atoms with van der Waals surface area (Å²) in [6.07, 6.45) is 3.46. The normalized spacial score (nSPS) is 12.9. The van der Waals surface area contributed by atoms with E-state index in [0.717, 1.165) is 11.1 Å². The molecule has 0 aliphatic carbocycles. The summed E-state index contributed by atoms with van der Waals surface area (Å²) in [6.45, 7) is 0. The molecule has 1 aromatic carbocycles. The van der Waals surface area contributed by atoms with Gasteiger partial charge in [0.25, 0.3) is 0 Å². The molecule has 154 valence electrons. The third-order valence-electron chi connectivity index (χ3n) is 4.74. The molecule has 2 unspecified atom stereocenters. The molecule has 0 aliphatic heterocycles. The summed E-state index contributed by atoms with van der Waals surface area (Å²) in [6, 6.07) is 7.56. The van der Waals surface area contributed by atoms with E-state index in [9.17, 15) is 19.2 Å². The Labute approximate surface area is 165 Å². The van der Waals surface area contributed by atoms with Crippen LogP contribution in [0.1, 0.15) is 49.7 Å². The molecule has 28 heavy (non-hydrogen) atoms. The summed E-state index contributed by atoms with van der Waals surface area (Å²) in [5.74, 6) is -2.33. The van der Waals surface area contributed by atoms with Gasteiger partial charge in [-0.3, -0.25) is 19.2 Å². The molecule has 0 aromatic heterocycles. The van der Waals surface area contributed by atoms with Crippen LogP contribution in [0.25, 0.3) is 0 Å². The second kappa shape index (κ2) is 11.7. The van der Waals surface area contributed by atoms with Gasteiger partial charge in [-0.15, -0.1) is 0 Å². The highest BCUT2D eigenvalue weighted by Gasteiger charge is 2.18. The summed E-state index contributed by atoms with van der Waals surface area (Å²) in [7, 11) is 0. The summed E-state index contributed by atoms with van der Waals surface area (Å²) in [5.41, 5.74) is 23.0. The monoisotopic (exact) mass is 390 g/mol. The third kappa shape index (κ3) is 9.16. The summed E-state index contributed by atoms with van der Waals surface area (Å²) in [4.78, 5) is 44.9. The topological polar surface area (TPSA) is 172 Å². The predicted octanol–water partition coefficient (Wildman–Crippen LogP) is 0.286. The van der Waals surface area contributed by atoms with Crippen LogP contribution < -0.4 is 22.9 Å². The third-order valence-corrected chi connectivity index (χ3v) is 4.74. The van der Waals surface area contributed by atoms with E-state index in [1.807, 2.05) is 24.3 Å². The Morgan fingerprint density at radius 1 is 0.643 bits per heavy atom. The second-order valence-corrected chi connectivity index (χ2v) is 7.14. The van der Waals surface area contributed by atoms with E-state index in [0.29, 0.717) is 38.5 Å². The van der Waals surface area contributed by atoms with Crippen molar-refractivity contribution in [2.75, 3.05) is 0 Å². The number of carbonyl (C=O) groups is 4. The van der Waals surface area contributed by atoms with Crippen LogP contribution in [0.5, 0.6) is 0 Å². The maximum absolute atomic E-state index is 11.6. The molecule has 1 aromatic rings. The van der Waals surface area contributed by atoms with Crippen molar-refractivity contribution in [2.45, 2.75) is 51.4 Å². The average molecular weight is 390 g/mol. The van der Waals surface area contributed by atoms with Crippen LogP contribution in [-0.2, 0) is 32.0 Å². The molecule has 8 N–H and O–H groups in total. The molecule has 0 spiro atoms. The van der Waals surface area contributed by atoms with E-state index in [1.165, 1.54) is 0 Å². The van der Waals surface area contributed by atoms with Gasteiger partial charge >= 0.3 is 0 Å². The largest absolute Gasteiger partial charge is 0.370 e. The number of hydrogen-bond acceptors (Lipinski definition) is 4. The average Bonchev–Trinajstić information content (AvgIpc) is 2.60. The predicted molar refractivity (Wildman–Crippen MR) is 105 cm³/mol. The van der Waals surface area contributed by atoms with Gasteiger partial charge in [0, 0.05) is 24.7 Å². The Morgan fingerprint density at radius 2 is 0.964 bits per heavy atom. The zero-order chi connectivity index (χ0) is 21.1. The Bertz CT molecular complexity index is 629. The van der Waals surface area contributed by atoms with Crippen LogP contribution in [0.4, 0.5) is 0 Å². The molecule has 2 atom stereocenters. The van der Waals surface area contributed by atoms with Crippen LogP contribution in [-0.4, -0.2) is 23.6 Å². The number of primary amides is 4. The van der Waals surface area contributed by atoms with Crippen molar-refractivity contribution >= 4 is 23.6 Å². The van der Waals surface area contributed by atoms with Gasteiger partial charge in [0.1, 0.15) is 0 Å². The van der Waals surface area contributed by atoms with Crippen LogP contribution in [0.3, 0.4) is 0 Å². The highest BCUT2D eigenvalue weighted by atomic mass is 16.2. The molecule has 0 aliphatic rings. The minimum absolute atomic E-state index is 0.229. The lowest BCUT2D eigenvalue weighted by molar-refractivity contribution is -0.123. The zero-order valence-electron chi connectivity index (χ0n) is 16.1. The molecule has 0 saturated carbocycles. The number of nitrogens with two attached hydrogens (primary N) is 4.